The Morgan fingerprint density at radius 2 is 1.57 bits per heavy atom. The van der Waals surface area contributed by atoms with Crippen LogP contribution in [-0.2, 0) is 6.54 Å². The van der Waals surface area contributed by atoms with Crippen molar-refractivity contribution in [2.24, 2.45) is 0 Å². The van der Waals surface area contributed by atoms with E-state index >= 15 is 0 Å². The molecule has 0 radical (unpaired) electrons. The van der Waals surface area contributed by atoms with E-state index in [1.807, 2.05) is 24.3 Å². The number of benzene rings is 2. The molecule has 104 valence electrons. The smallest absolute Gasteiger partial charge is 0.132 e. The van der Waals surface area contributed by atoms with Crippen molar-refractivity contribution in [3.63, 3.8) is 0 Å². The molecular weight excluding hydrogens is 278 g/mol. The summed E-state index contributed by atoms with van der Waals surface area (Å²) < 4.78 is 6.01. The molecule has 1 aromatic heterocycles. The van der Waals surface area contributed by atoms with Gasteiger partial charge in [-0.2, -0.15) is 11.3 Å². The summed E-state index contributed by atoms with van der Waals surface area (Å²) in [6, 6.07) is 18.8. The van der Waals surface area contributed by atoms with Crippen LogP contribution < -0.4 is 10.1 Å². The van der Waals surface area contributed by atoms with Crippen molar-refractivity contribution < 1.29 is 4.74 Å². The second-order valence-electron chi connectivity index (χ2n) is 5.12. The summed E-state index contributed by atoms with van der Waals surface area (Å²) in [5.74, 6) is 1.89. The zero-order valence-electron chi connectivity index (χ0n) is 11.5. The summed E-state index contributed by atoms with van der Waals surface area (Å²) in [7, 11) is 0. The van der Waals surface area contributed by atoms with Gasteiger partial charge in [-0.15, -0.1) is 0 Å². The van der Waals surface area contributed by atoms with Crippen LogP contribution in [0.25, 0.3) is 0 Å². The van der Waals surface area contributed by atoms with E-state index in [4.69, 9.17) is 4.74 Å². The van der Waals surface area contributed by atoms with Gasteiger partial charge in [-0.1, -0.05) is 36.4 Å². The summed E-state index contributed by atoms with van der Waals surface area (Å²) in [6.45, 7) is 0.858. The highest BCUT2D eigenvalue weighted by atomic mass is 32.1. The number of nitrogens with one attached hydrogen (secondary N) is 1. The van der Waals surface area contributed by atoms with Crippen molar-refractivity contribution in [3.05, 3.63) is 82.0 Å². The van der Waals surface area contributed by atoms with Gasteiger partial charge < -0.3 is 10.1 Å². The predicted molar refractivity (Wildman–Crippen MR) is 86.0 cm³/mol. The number of hydrogen-bond acceptors (Lipinski definition) is 3. The van der Waals surface area contributed by atoms with Crippen molar-refractivity contribution in [2.45, 2.75) is 12.6 Å². The van der Waals surface area contributed by atoms with E-state index in [1.165, 1.54) is 16.7 Å². The van der Waals surface area contributed by atoms with Crippen LogP contribution in [0.3, 0.4) is 0 Å². The molecule has 0 saturated heterocycles. The molecule has 0 unspecified atom stereocenters. The van der Waals surface area contributed by atoms with E-state index in [9.17, 15) is 0 Å². The summed E-state index contributed by atoms with van der Waals surface area (Å²) in [5, 5.41) is 7.96. The Labute approximate surface area is 128 Å². The fourth-order valence-corrected chi connectivity index (χ4v) is 3.41. The Balaban J connectivity index is 1.71. The van der Waals surface area contributed by atoms with E-state index in [1.54, 1.807) is 11.3 Å². The highest BCUT2D eigenvalue weighted by Crippen LogP contribution is 2.42. The van der Waals surface area contributed by atoms with E-state index in [-0.39, 0.29) is 6.04 Å². The lowest BCUT2D eigenvalue weighted by Crippen LogP contribution is -2.24. The van der Waals surface area contributed by atoms with Crippen LogP contribution in [0.1, 0.15) is 22.7 Å². The van der Waals surface area contributed by atoms with Gasteiger partial charge in [0.2, 0.25) is 0 Å². The first-order chi connectivity index (χ1) is 10.4. The Kier molecular flexibility index (Phi) is 3.22. The molecule has 4 rings (SSSR count). The first kappa shape index (κ1) is 12.6. The molecule has 2 heterocycles. The van der Waals surface area contributed by atoms with Crippen LogP contribution in [0.2, 0.25) is 0 Å². The molecule has 0 saturated carbocycles. The molecule has 3 heteroatoms. The van der Waals surface area contributed by atoms with Crippen molar-refractivity contribution in [1.29, 1.82) is 0 Å². The van der Waals surface area contributed by atoms with Crippen LogP contribution in [0, 0.1) is 0 Å². The topological polar surface area (TPSA) is 21.3 Å². The SMILES string of the molecule is c1ccc2c(c1)Oc1ccccc1C2NCc1ccsc1. The predicted octanol–water partition coefficient (Wildman–Crippen LogP) is 4.73. The van der Waals surface area contributed by atoms with E-state index < -0.39 is 0 Å². The van der Waals surface area contributed by atoms with E-state index in [0.717, 1.165) is 18.0 Å². The first-order valence-corrected chi connectivity index (χ1v) is 7.96. The number of para-hydroxylation sites is 2. The lowest BCUT2D eigenvalue weighted by atomic mass is 9.94. The quantitative estimate of drug-likeness (QED) is 0.753. The molecule has 0 spiro atoms. The summed E-state index contributed by atoms with van der Waals surface area (Å²) >= 11 is 1.73. The van der Waals surface area contributed by atoms with Gasteiger partial charge >= 0.3 is 0 Å². The van der Waals surface area contributed by atoms with Crippen LogP contribution >= 0.6 is 11.3 Å². The minimum Gasteiger partial charge on any atom is -0.457 e. The maximum Gasteiger partial charge on any atom is 0.132 e. The molecule has 1 N–H and O–H groups in total. The highest BCUT2D eigenvalue weighted by Gasteiger charge is 2.26. The molecule has 1 aliphatic heterocycles. The largest absolute Gasteiger partial charge is 0.457 e. The second-order valence-corrected chi connectivity index (χ2v) is 5.90. The molecule has 1 aliphatic rings. The van der Waals surface area contributed by atoms with Gasteiger partial charge in [0.1, 0.15) is 11.5 Å². The van der Waals surface area contributed by atoms with Crippen LogP contribution in [-0.4, -0.2) is 0 Å². The molecule has 2 nitrogen and oxygen atoms in total. The standard InChI is InChI=1S/C18H15NOS/c1-3-7-16-14(5-1)18(19-11-13-9-10-21-12-13)15-6-2-4-8-17(15)20-16/h1-10,12,18-19H,11H2. The third-order valence-electron chi connectivity index (χ3n) is 3.77. The Morgan fingerprint density at radius 1 is 0.905 bits per heavy atom. The number of hydrogen-bond donors (Lipinski definition) is 1. The van der Waals surface area contributed by atoms with Crippen LogP contribution in [0.15, 0.2) is 65.4 Å². The van der Waals surface area contributed by atoms with Gasteiger partial charge in [0.15, 0.2) is 0 Å². The fraction of sp³-hybridized carbons (Fsp3) is 0.111. The minimum absolute atomic E-state index is 0.172. The van der Waals surface area contributed by atoms with Crippen molar-refractivity contribution in [1.82, 2.24) is 5.32 Å². The summed E-state index contributed by atoms with van der Waals surface area (Å²) in [5.41, 5.74) is 3.72. The minimum atomic E-state index is 0.172. The van der Waals surface area contributed by atoms with Crippen LogP contribution in [0.5, 0.6) is 11.5 Å². The number of ether oxygens (including phenoxy) is 1. The Morgan fingerprint density at radius 3 is 2.19 bits per heavy atom. The number of fused-ring (bicyclic) bond motifs is 2. The normalized spacial score (nSPS) is 13.3. The van der Waals surface area contributed by atoms with Gasteiger partial charge in [-0.25, -0.2) is 0 Å². The Hall–Kier alpha value is -2.10. The zero-order chi connectivity index (χ0) is 14.1. The lowest BCUT2D eigenvalue weighted by Gasteiger charge is -2.28. The van der Waals surface area contributed by atoms with E-state index in [2.05, 4.69) is 46.4 Å². The Bertz CT molecular complexity index is 706. The molecule has 0 aliphatic carbocycles. The number of rotatable bonds is 3. The van der Waals surface area contributed by atoms with Crippen molar-refractivity contribution in [3.8, 4) is 11.5 Å². The first-order valence-electron chi connectivity index (χ1n) is 7.02. The van der Waals surface area contributed by atoms with Gasteiger partial charge in [0, 0.05) is 17.7 Å². The maximum atomic E-state index is 6.01. The molecule has 21 heavy (non-hydrogen) atoms. The van der Waals surface area contributed by atoms with Gasteiger partial charge in [0.05, 0.1) is 6.04 Å². The highest BCUT2D eigenvalue weighted by molar-refractivity contribution is 7.07. The molecule has 2 aromatic carbocycles. The van der Waals surface area contributed by atoms with Crippen LogP contribution in [0.4, 0.5) is 0 Å². The molecule has 0 fully saturated rings. The third kappa shape index (κ3) is 2.35. The molecule has 3 aromatic rings. The zero-order valence-corrected chi connectivity index (χ0v) is 12.3. The monoisotopic (exact) mass is 293 g/mol. The molecule has 0 bridgehead atoms. The van der Waals surface area contributed by atoms with Crippen molar-refractivity contribution in [2.75, 3.05) is 0 Å². The molecule has 0 atom stereocenters. The van der Waals surface area contributed by atoms with Gasteiger partial charge in [-0.3, -0.25) is 0 Å². The van der Waals surface area contributed by atoms with Crippen molar-refractivity contribution >= 4 is 11.3 Å². The summed E-state index contributed by atoms with van der Waals surface area (Å²) in [6.07, 6.45) is 0. The average molecular weight is 293 g/mol. The lowest BCUT2D eigenvalue weighted by molar-refractivity contribution is 0.427. The third-order valence-corrected chi connectivity index (χ3v) is 4.50. The average Bonchev–Trinajstić information content (AvgIpc) is 3.05. The second kappa shape index (κ2) is 5.35. The molecular formula is C18H15NOS. The summed E-state index contributed by atoms with van der Waals surface area (Å²) in [4.78, 5) is 0. The van der Waals surface area contributed by atoms with Gasteiger partial charge in [-0.05, 0) is 34.5 Å². The fourth-order valence-electron chi connectivity index (χ4n) is 2.74. The molecule has 0 amide bonds. The maximum absolute atomic E-state index is 6.01. The van der Waals surface area contributed by atoms with E-state index in [0.29, 0.717) is 0 Å². The van der Waals surface area contributed by atoms with Gasteiger partial charge in [0.25, 0.3) is 0 Å². The number of thiophene rings is 1.